The van der Waals surface area contributed by atoms with Gasteiger partial charge in [0.15, 0.2) is 0 Å². The lowest BCUT2D eigenvalue weighted by atomic mass is 10.1. The van der Waals surface area contributed by atoms with Crippen LogP contribution in [0, 0.1) is 0 Å². The third kappa shape index (κ3) is 6.35. The van der Waals surface area contributed by atoms with Crippen molar-refractivity contribution in [3.8, 4) is 0 Å². The molecule has 0 aliphatic carbocycles. The van der Waals surface area contributed by atoms with Gasteiger partial charge in [0.25, 0.3) is 0 Å². The Kier molecular flexibility index (Phi) is 9.02. The summed E-state index contributed by atoms with van der Waals surface area (Å²) in [6.45, 7) is 5.36. The van der Waals surface area contributed by atoms with E-state index in [1.165, 1.54) is 0 Å². The number of nitrogens with one attached hydrogen (secondary N) is 1. The summed E-state index contributed by atoms with van der Waals surface area (Å²) in [7, 11) is -3.25. The van der Waals surface area contributed by atoms with Crippen molar-refractivity contribution < 1.29 is 18.5 Å². The van der Waals surface area contributed by atoms with E-state index in [-0.39, 0.29) is 5.66 Å². The second-order valence-corrected chi connectivity index (χ2v) is 7.98. The molecular weight excluding hydrogens is 349 g/mol. The average Bonchev–Trinajstić information content (AvgIpc) is 2.66. The van der Waals surface area contributed by atoms with Gasteiger partial charge in [-0.1, -0.05) is 60.7 Å². The van der Waals surface area contributed by atoms with Gasteiger partial charge in [-0.2, -0.15) is 0 Å². The molecule has 0 amide bonds. The molecule has 0 bridgehead atoms. The van der Waals surface area contributed by atoms with Crippen molar-refractivity contribution >= 4 is 7.60 Å². The van der Waals surface area contributed by atoms with Gasteiger partial charge in [-0.3, -0.25) is 9.40 Å². The van der Waals surface area contributed by atoms with Crippen LogP contribution in [0.4, 0.5) is 0 Å². The molecule has 0 aromatic heterocycles. The van der Waals surface area contributed by atoms with Gasteiger partial charge in [-0.05, 0) is 31.4 Å². The number of hydrogen-bond donors (Lipinski definition) is 1. The first-order valence-corrected chi connectivity index (χ1v) is 10.6. The molecule has 0 fully saturated rings. The monoisotopic (exact) mass is 377 g/mol. The summed E-state index contributed by atoms with van der Waals surface area (Å²) in [5.41, 5.74) is 4.66. The molecule has 0 spiro atoms. The third-order valence-electron chi connectivity index (χ3n) is 3.89. The second-order valence-electron chi connectivity index (χ2n) is 5.76. The van der Waals surface area contributed by atoms with Crippen LogP contribution in [-0.2, 0) is 25.1 Å². The van der Waals surface area contributed by atoms with E-state index >= 15 is 0 Å². The molecule has 0 radical (unpaired) electrons. The van der Waals surface area contributed by atoms with Crippen molar-refractivity contribution in [3.05, 3.63) is 71.8 Å². The van der Waals surface area contributed by atoms with Gasteiger partial charge >= 0.3 is 7.60 Å². The fourth-order valence-electron chi connectivity index (χ4n) is 2.74. The first kappa shape index (κ1) is 20.8. The topological polar surface area (TPSA) is 56.8 Å². The minimum atomic E-state index is -3.25. The molecule has 142 valence electrons. The van der Waals surface area contributed by atoms with Crippen molar-refractivity contribution in [1.29, 1.82) is 0 Å². The van der Waals surface area contributed by atoms with Gasteiger partial charge in [-0.25, -0.2) is 5.48 Å². The second kappa shape index (κ2) is 11.3. The summed E-state index contributed by atoms with van der Waals surface area (Å²) < 4.78 is 24.4. The van der Waals surface area contributed by atoms with E-state index in [9.17, 15) is 4.57 Å². The maximum Gasteiger partial charge on any atom is 0.338 e. The minimum absolute atomic E-state index is 0.337. The quantitative estimate of drug-likeness (QED) is 0.317. The van der Waals surface area contributed by atoms with Crippen LogP contribution in [0.5, 0.6) is 0 Å². The highest BCUT2D eigenvalue weighted by atomic mass is 31.2. The van der Waals surface area contributed by atoms with Crippen LogP contribution < -0.4 is 5.48 Å². The van der Waals surface area contributed by atoms with Crippen LogP contribution in [0.15, 0.2) is 60.7 Å². The molecule has 0 saturated heterocycles. The van der Waals surface area contributed by atoms with Crippen molar-refractivity contribution in [1.82, 2.24) is 5.48 Å². The fraction of sp³-hybridized carbons (Fsp3) is 0.400. The zero-order valence-corrected chi connectivity index (χ0v) is 16.4. The smallest absolute Gasteiger partial charge is 0.308 e. The SMILES string of the molecule is CCOP(=O)(OCC)C(CCNOCc1ccccc1)c1ccccc1. The van der Waals surface area contributed by atoms with Crippen molar-refractivity contribution in [2.24, 2.45) is 0 Å². The first-order chi connectivity index (χ1) is 12.7. The van der Waals surface area contributed by atoms with Gasteiger partial charge in [0.1, 0.15) is 0 Å². The Morgan fingerprint density at radius 2 is 1.50 bits per heavy atom. The summed E-state index contributed by atoms with van der Waals surface area (Å²) >= 11 is 0. The Bertz CT molecular complexity index is 656. The van der Waals surface area contributed by atoms with Gasteiger partial charge in [0, 0.05) is 6.54 Å². The zero-order valence-electron chi connectivity index (χ0n) is 15.5. The molecule has 2 aromatic carbocycles. The molecule has 0 aliphatic heterocycles. The van der Waals surface area contributed by atoms with E-state index in [1.54, 1.807) is 0 Å². The lowest BCUT2D eigenvalue weighted by Gasteiger charge is -2.26. The number of hydroxylamine groups is 1. The van der Waals surface area contributed by atoms with Gasteiger partial charge in [-0.15, -0.1) is 0 Å². The standard InChI is InChI=1S/C20H28NO4P/c1-3-24-26(22,25-4-2)20(19-13-9-6-10-14-19)15-16-21-23-17-18-11-7-5-8-12-18/h5-14,20-21H,3-4,15-17H2,1-2H3. The number of benzene rings is 2. The van der Waals surface area contributed by atoms with E-state index in [4.69, 9.17) is 13.9 Å². The van der Waals surface area contributed by atoms with Crippen LogP contribution in [0.25, 0.3) is 0 Å². The summed E-state index contributed by atoms with van der Waals surface area (Å²) in [5, 5.41) is 0. The molecule has 1 N–H and O–H groups in total. The Hall–Kier alpha value is -1.49. The lowest BCUT2D eigenvalue weighted by Crippen LogP contribution is -2.19. The molecule has 0 heterocycles. The van der Waals surface area contributed by atoms with Gasteiger partial charge in [0.2, 0.25) is 0 Å². The maximum absolute atomic E-state index is 13.3. The van der Waals surface area contributed by atoms with Crippen LogP contribution in [0.1, 0.15) is 37.1 Å². The Morgan fingerprint density at radius 1 is 0.923 bits per heavy atom. The predicted molar refractivity (Wildman–Crippen MR) is 104 cm³/mol. The fourth-order valence-corrected chi connectivity index (χ4v) is 4.87. The minimum Gasteiger partial charge on any atom is -0.308 e. The van der Waals surface area contributed by atoms with E-state index in [0.29, 0.717) is 32.8 Å². The summed E-state index contributed by atoms with van der Waals surface area (Å²) in [6, 6.07) is 19.7. The molecule has 2 rings (SSSR count). The summed E-state index contributed by atoms with van der Waals surface area (Å²) in [5.74, 6) is 0. The first-order valence-electron chi connectivity index (χ1n) is 9.02. The van der Waals surface area contributed by atoms with Gasteiger partial charge < -0.3 is 9.05 Å². The van der Waals surface area contributed by atoms with E-state index < -0.39 is 7.60 Å². The van der Waals surface area contributed by atoms with Crippen LogP contribution in [0.3, 0.4) is 0 Å². The molecule has 1 unspecified atom stereocenters. The third-order valence-corrected chi connectivity index (χ3v) is 6.44. The Labute approximate surface area is 156 Å². The summed E-state index contributed by atoms with van der Waals surface area (Å²) in [6.07, 6.45) is 0.579. The van der Waals surface area contributed by atoms with Crippen molar-refractivity contribution in [3.63, 3.8) is 0 Å². The number of hydrogen-bond acceptors (Lipinski definition) is 5. The van der Waals surface area contributed by atoms with E-state index in [0.717, 1.165) is 11.1 Å². The molecule has 2 aromatic rings. The molecule has 26 heavy (non-hydrogen) atoms. The van der Waals surface area contributed by atoms with Gasteiger partial charge in [0.05, 0.1) is 25.5 Å². The molecule has 0 aliphatic rings. The van der Waals surface area contributed by atoms with Crippen LogP contribution >= 0.6 is 7.60 Å². The molecule has 1 atom stereocenters. The van der Waals surface area contributed by atoms with Crippen LogP contribution in [0.2, 0.25) is 0 Å². The highest BCUT2D eigenvalue weighted by molar-refractivity contribution is 7.54. The van der Waals surface area contributed by atoms with E-state index in [2.05, 4.69) is 5.48 Å². The lowest BCUT2D eigenvalue weighted by molar-refractivity contribution is 0.0270. The Morgan fingerprint density at radius 3 is 2.08 bits per heavy atom. The largest absolute Gasteiger partial charge is 0.338 e. The highest BCUT2D eigenvalue weighted by Crippen LogP contribution is 2.62. The molecule has 0 saturated carbocycles. The van der Waals surface area contributed by atoms with E-state index in [1.807, 2.05) is 74.5 Å². The van der Waals surface area contributed by atoms with Crippen LogP contribution in [-0.4, -0.2) is 19.8 Å². The number of rotatable bonds is 12. The van der Waals surface area contributed by atoms with Crippen molar-refractivity contribution in [2.45, 2.75) is 32.5 Å². The Balaban J connectivity index is 1.97. The van der Waals surface area contributed by atoms with Crippen molar-refractivity contribution in [2.75, 3.05) is 19.8 Å². The summed E-state index contributed by atoms with van der Waals surface area (Å²) in [4.78, 5) is 5.52. The normalized spacial score (nSPS) is 12.8. The zero-order chi connectivity index (χ0) is 18.7. The molecular formula is C20H28NO4P. The molecule has 6 heteroatoms. The average molecular weight is 377 g/mol. The highest BCUT2D eigenvalue weighted by Gasteiger charge is 2.36. The molecule has 5 nitrogen and oxygen atoms in total. The maximum atomic E-state index is 13.3. The predicted octanol–water partition coefficient (Wildman–Crippen LogP) is 5.11.